The van der Waals surface area contributed by atoms with Crippen LogP contribution < -0.4 is 0 Å². The van der Waals surface area contributed by atoms with Crippen molar-refractivity contribution in [2.75, 3.05) is 13.2 Å². The van der Waals surface area contributed by atoms with Crippen LogP contribution in [-0.2, 0) is 9.47 Å². The molecule has 66 valence electrons. The summed E-state index contributed by atoms with van der Waals surface area (Å²) in [6.45, 7) is 6.60. The summed E-state index contributed by atoms with van der Waals surface area (Å²) in [6.07, 6.45) is -0.392. The second-order valence-corrected chi connectivity index (χ2v) is 3.57. The first kappa shape index (κ1) is 8.97. The fourth-order valence-corrected chi connectivity index (χ4v) is 0.935. The van der Waals surface area contributed by atoms with Crippen LogP contribution in [0, 0.1) is 5.92 Å². The Morgan fingerprint density at radius 2 is 1.82 bits per heavy atom. The highest BCUT2D eigenvalue weighted by Crippen LogP contribution is 2.19. The van der Waals surface area contributed by atoms with Crippen molar-refractivity contribution in [1.29, 1.82) is 0 Å². The number of rotatable bonds is 0. The Hall–Kier alpha value is -0.120. The molecule has 1 aliphatic heterocycles. The fourth-order valence-electron chi connectivity index (χ4n) is 0.935. The van der Waals surface area contributed by atoms with Crippen LogP contribution in [0.1, 0.15) is 20.8 Å². The van der Waals surface area contributed by atoms with E-state index in [4.69, 9.17) is 9.47 Å². The van der Waals surface area contributed by atoms with Crippen molar-refractivity contribution in [3.05, 3.63) is 0 Å². The lowest BCUT2D eigenvalue weighted by molar-refractivity contribution is -0.204. The molecular weight excluding hydrogens is 144 g/mol. The Morgan fingerprint density at radius 3 is 2.45 bits per heavy atom. The molecule has 1 saturated heterocycles. The molecule has 0 spiro atoms. The molecule has 0 amide bonds. The zero-order chi connectivity index (χ0) is 8.48. The highest BCUT2D eigenvalue weighted by molar-refractivity contribution is 4.69. The summed E-state index contributed by atoms with van der Waals surface area (Å²) in [5, 5.41) is 9.38. The molecule has 0 saturated carbocycles. The number of aliphatic hydroxyl groups excluding tert-OH is 1. The second-order valence-electron chi connectivity index (χ2n) is 3.57. The van der Waals surface area contributed by atoms with Crippen LogP contribution >= 0.6 is 0 Å². The van der Waals surface area contributed by atoms with Gasteiger partial charge < -0.3 is 14.6 Å². The van der Waals surface area contributed by atoms with E-state index in [0.717, 1.165) is 0 Å². The maximum Gasteiger partial charge on any atom is 0.162 e. The van der Waals surface area contributed by atoms with E-state index in [0.29, 0.717) is 13.2 Å². The monoisotopic (exact) mass is 160 g/mol. The van der Waals surface area contributed by atoms with E-state index in [9.17, 15) is 5.11 Å². The zero-order valence-electron chi connectivity index (χ0n) is 7.33. The number of aliphatic hydroxyl groups is 1. The van der Waals surface area contributed by atoms with Crippen LogP contribution in [0.5, 0.6) is 0 Å². The summed E-state index contributed by atoms with van der Waals surface area (Å²) in [5.74, 6) is -0.372. The van der Waals surface area contributed by atoms with Gasteiger partial charge in [0.15, 0.2) is 5.79 Å². The molecule has 2 unspecified atom stereocenters. The molecule has 0 aromatic carbocycles. The van der Waals surface area contributed by atoms with Gasteiger partial charge >= 0.3 is 0 Å². The van der Waals surface area contributed by atoms with Gasteiger partial charge in [0.1, 0.15) is 0 Å². The van der Waals surface area contributed by atoms with Crippen LogP contribution in [0.25, 0.3) is 0 Å². The average Bonchev–Trinajstić information content (AvgIpc) is 2.03. The van der Waals surface area contributed by atoms with Gasteiger partial charge in [0, 0.05) is 5.92 Å². The van der Waals surface area contributed by atoms with E-state index in [-0.39, 0.29) is 5.92 Å². The molecule has 1 rings (SSSR count). The van der Waals surface area contributed by atoms with Gasteiger partial charge in [0.25, 0.3) is 0 Å². The Labute approximate surface area is 67.3 Å². The van der Waals surface area contributed by atoms with Gasteiger partial charge in [-0.2, -0.15) is 0 Å². The predicted molar refractivity (Wildman–Crippen MR) is 41.2 cm³/mol. The summed E-state index contributed by atoms with van der Waals surface area (Å²) in [4.78, 5) is 0. The Bertz CT molecular complexity index is 119. The Kier molecular flexibility index (Phi) is 2.52. The number of hydrogen-bond donors (Lipinski definition) is 1. The third-order valence-electron chi connectivity index (χ3n) is 1.95. The molecule has 1 aliphatic rings. The Balaban J connectivity index is 2.51. The van der Waals surface area contributed by atoms with Crippen molar-refractivity contribution in [1.82, 2.24) is 0 Å². The molecule has 2 atom stereocenters. The quantitative estimate of drug-likeness (QED) is 0.568. The lowest BCUT2D eigenvalue weighted by Gasteiger charge is -2.22. The summed E-state index contributed by atoms with van der Waals surface area (Å²) in [7, 11) is 0. The number of hydrogen-bond acceptors (Lipinski definition) is 3. The van der Waals surface area contributed by atoms with Crippen LogP contribution in [-0.4, -0.2) is 30.2 Å². The minimum Gasteiger partial charge on any atom is -0.390 e. The molecule has 0 aromatic heterocycles. The van der Waals surface area contributed by atoms with E-state index in [1.165, 1.54) is 0 Å². The zero-order valence-corrected chi connectivity index (χ0v) is 7.33. The van der Waals surface area contributed by atoms with Crippen LogP contribution in [0.3, 0.4) is 0 Å². The third-order valence-corrected chi connectivity index (χ3v) is 1.95. The van der Waals surface area contributed by atoms with E-state index in [1.54, 1.807) is 0 Å². The van der Waals surface area contributed by atoms with Gasteiger partial charge in [-0.3, -0.25) is 0 Å². The maximum absolute atomic E-state index is 9.38. The van der Waals surface area contributed by atoms with Crippen molar-refractivity contribution in [3.63, 3.8) is 0 Å². The molecule has 1 fully saturated rings. The largest absolute Gasteiger partial charge is 0.390 e. The number of ether oxygens (including phenoxy) is 2. The van der Waals surface area contributed by atoms with E-state index in [2.05, 4.69) is 0 Å². The summed E-state index contributed by atoms with van der Waals surface area (Å²) >= 11 is 0. The predicted octanol–water partition coefficient (Wildman–Crippen LogP) is 0.766. The second kappa shape index (κ2) is 3.09. The molecule has 11 heavy (non-hydrogen) atoms. The van der Waals surface area contributed by atoms with E-state index in [1.807, 2.05) is 20.8 Å². The fraction of sp³-hybridized carbons (Fsp3) is 1.00. The van der Waals surface area contributed by atoms with Crippen molar-refractivity contribution in [3.8, 4) is 0 Å². The summed E-state index contributed by atoms with van der Waals surface area (Å²) in [6, 6.07) is 0. The third kappa shape index (κ3) is 2.43. The van der Waals surface area contributed by atoms with Crippen molar-refractivity contribution < 1.29 is 14.6 Å². The minimum absolute atomic E-state index is 0.164. The van der Waals surface area contributed by atoms with Crippen molar-refractivity contribution in [2.24, 2.45) is 5.92 Å². The first-order valence-electron chi connectivity index (χ1n) is 3.97. The summed E-state index contributed by atoms with van der Waals surface area (Å²) < 4.78 is 10.7. The Morgan fingerprint density at radius 1 is 1.27 bits per heavy atom. The van der Waals surface area contributed by atoms with E-state index >= 15 is 0 Å². The van der Waals surface area contributed by atoms with Crippen LogP contribution in [0.4, 0.5) is 0 Å². The van der Waals surface area contributed by atoms with Gasteiger partial charge in [-0.05, 0) is 13.8 Å². The average molecular weight is 160 g/mol. The molecule has 0 aliphatic carbocycles. The first-order valence-corrected chi connectivity index (χ1v) is 3.97. The van der Waals surface area contributed by atoms with Gasteiger partial charge in [0.05, 0.1) is 19.3 Å². The minimum atomic E-state index is -0.536. The van der Waals surface area contributed by atoms with Crippen LogP contribution in [0.15, 0.2) is 0 Å². The normalized spacial score (nSPS) is 38.2. The molecule has 3 heteroatoms. The highest BCUT2D eigenvalue weighted by Gasteiger charge is 2.28. The van der Waals surface area contributed by atoms with Gasteiger partial charge in [-0.1, -0.05) is 6.92 Å². The SMILES string of the molecule is CC1COC(C)(C)OCC1O. The topological polar surface area (TPSA) is 38.7 Å². The molecular formula is C8H16O3. The molecule has 1 heterocycles. The molecule has 0 radical (unpaired) electrons. The smallest absolute Gasteiger partial charge is 0.162 e. The molecule has 3 nitrogen and oxygen atoms in total. The highest BCUT2D eigenvalue weighted by atomic mass is 16.7. The van der Waals surface area contributed by atoms with Crippen molar-refractivity contribution in [2.45, 2.75) is 32.7 Å². The molecule has 1 N–H and O–H groups in total. The van der Waals surface area contributed by atoms with Crippen molar-refractivity contribution >= 4 is 0 Å². The lowest BCUT2D eigenvalue weighted by atomic mass is 10.1. The standard InChI is InChI=1S/C8H16O3/c1-6-4-10-8(2,3)11-5-7(6)9/h6-7,9H,4-5H2,1-3H3. The van der Waals surface area contributed by atoms with Gasteiger partial charge in [0.2, 0.25) is 0 Å². The summed E-state index contributed by atoms with van der Waals surface area (Å²) in [5.41, 5.74) is 0. The molecule has 0 bridgehead atoms. The van der Waals surface area contributed by atoms with Gasteiger partial charge in [-0.15, -0.1) is 0 Å². The van der Waals surface area contributed by atoms with E-state index < -0.39 is 11.9 Å². The van der Waals surface area contributed by atoms with Gasteiger partial charge in [-0.25, -0.2) is 0 Å². The lowest BCUT2D eigenvalue weighted by Crippen LogP contribution is -2.27. The van der Waals surface area contributed by atoms with Crippen LogP contribution in [0.2, 0.25) is 0 Å². The maximum atomic E-state index is 9.38. The first-order chi connectivity index (χ1) is 5.01. The molecule has 0 aromatic rings.